The Morgan fingerprint density at radius 1 is 1.23 bits per heavy atom. The SMILES string of the molecule is Cc1nc2n3c(nnc3n1)NN=N2. The summed E-state index contributed by atoms with van der Waals surface area (Å²) in [4.78, 5) is 8.15. The van der Waals surface area contributed by atoms with Gasteiger partial charge in [-0.3, -0.25) is 0 Å². The summed E-state index contributed by atoms with van der Waals surface area (Å²) in [5, 5.41) is 15.1. The average molecular weight is 176 g/mol. The summed E-state index contributed by atoms with van der Waals surface area (Å²) in [6, 6.07) is 0. The van der Waals surface area contributed by atoms with Crippen LogP contribution in [0, 0.1) is 6.92 Å². The fourth-order valence-corrected chi connectivity index (χ4v) is 1.15. The molecule has 2 aromatic rings. The monoisotopic (exact) mass is 176 g/mol. The van der Waals surface area contributed by atoms with E-state index in [1.54, 1.807) is 11.3 Å². The minimum Gasteiger partial charge on any atom is -0.226 e. The predicted octanol–water partition coefficient (Wildman–Crippen LogP) is 0.252. The van der Waals surface area contributed by atoms with Crippen LogP contribution in [0.25, 0.3) is 5.78 Å². The van der Waals surface area contributed by atoms with Gasteiger partial charge in [0.25, 0.3) is 17.7 Å². The van der Waals surface area contributed by atoms with Gasteiger partial charge in [0.05, 0.1) is 0 Å². The molecule has 64 valence electrons. The molecule has 0 aromatic carbocycles. The lowest BCUT2D eigenvalue weighted by Gasteiger charge is -2.04. The van der Waals surface area contributed by atoms with Crippen molar-refractivity contribution in [1.82, 2.24) is 24.6 Å². The molecule has 0 amide bonds. The van der Waals surface area contributed by atoms with Crippen molar-refractivity contribution in [3.8, 4) is 0 Å². The number of nitrogens with one attached hydrogen (secondary N) is 1. The number of hydrogen-bond donors (Lipinski definition) is 1. The van der Waals surface area contributed by atoms with Gasteiger partial charge < -0.3 is 0 Å². The number of rotatable bonds is 0. The van der Waals surface area contributed by atoms with Crippen molar-refractivity contribution in [2.24, 2.45) is 10.3 Å². The lowest BCUT2D eigenvalue weighted by Crippen LogP contribution is -2.04. The third-order valence-corrected chi connectivity index (χ3v) is 1.66. The molecule has 1 aliphatic heterocycles. The Hall–Kier alpha value is -2.12. The van der Waals surface area contributed by atoms with E-state index in [9.17, 15) is 0 Å². The molecule has 0 spiro atoms. The topological polar surface area (TPSA) is 92.7 Å². The maximum Gasteiger partial charge on any atom is 0.262 e. The molecule has 13 heavy (non-hydrogen) atoms. The molecule has 0 unspecified atom stereocenters. The van der Waals surface area contributed by atoms with Gasteiger partial charge in [0.2, 0.25) is 0 Å². The Morgan fingerprint density at radius 2 is 2.15 bits per heavy atom. The van der Waals surface area contributed by atoms with Crippen LogP contribution in [0.2, 0.25) is 0 Å². The van der Waals surface area contributed by atoms with Crippen LogP contribution in [0.5, 0.6) is 0 Å². The minimum absolute atomic E-state index is 0.446. The van der Waals surface area contributed by atoms with E-state index in [0.717, 1.165) is 0 Å². The molecular formula is C5H4N8. The molecule has 0 fully saturated rings. The average Bonchev–Trinajstić information content (AvgIpc) is 2.50. The molecule has 0 atom stereocenters. The van der Waals surface area contributed by atoms with Gasteiger partial charge in [0.15, 0.2) is 0 Å². The van der Waals surface area contributed by atoms with Gasteiger partial charge in [-0.15, -0.1) is 10.2 Å². The van der Waals surface area contributed by atoms with E-state index in [1.165, 1.54) is 0 Å². The van der Waals surface area contributed by atoms with Gasteiger partial charge in [-0.2, -0.15) is 9.97 Å². The first-order valence-electron chi connectivity index (χ1n) is 3.61. The maximum absolute atomic E-state index is 4.08. The van der Waals surface area contributed by atoms with E-state index in [1.807, 2.05) is 0 Å². The van der Waals surface area contributed by atoms with E-state index in [-0.39, 0.29) is 0 Å². The maximum atomic E-state index is 4.08. The zero-order valence-corrected chi connectivity index (χ0v) is 6.63. The minimum atomic E-state index is 0.446. The van der Waals surface area contributed by atoms with E-state index in [0.29, 0.717) is 23.5 Å². The second kappa shape index (κ2) is 1.97. The Balaban J connectivity index is 2.53. The summed E-state index contributed by atoms with van der Waals surface area (Å²) in [6.45, 7) is 1.77. The normalized spacial score (nSPS) is 13.3. The van der Waals surface area contributed by atoms with Crippen molar-refractivity contribution in [2.45, 2.75) is 6.92 Å². The zero-order chi connectivity index (χ0) is 8.84. The first kappa shape index (κ1) is 6.40. The molecule has 0 saturated carbocycles. The van der Waals surface area contributed by atoms with Crippen LogP contribution in [0.4, 0.5) is 11.9 Å². The van der Waals surface area contributed by atoms with Crippen molar-refractivity contribution >= 4 is 17.7 Å². The standard InChI is InChI=1S/C5H4N8/c1-2-6-3-8-9-5-11-12-10-4(7-2)13(3)5/h1H3,(H,6,7,8,9,10,11). The molecule has 3 heterocycles. The van der Waals surface area contributed by atoms with Crippen LogP contribution < -0.4 is 5.43 Å². The summed E-state index contributed by atoms with van der Waals surface area (Å²) < 4.78 is 1.60. The zero-order valence-electron chi connectivity index (χ0n) is 6.63. The van der Waals surface area contributed by atoms with Gasteiger partial charge in [0, 0.05) is 0 Å². The third kappa shape index (κ3) is 0.736. The lowest BCUT2D eigenvalue weighted by molar-refractivity contribution is 0.883. The molecule has 0 bridgehead atoms. The molecule has 1 N–H and O–H groups in total. The lowest BCUT2D eigenvalue weighted by atomic mass is 10.7. The number of hydrogen-bond acceptors (Lipinski definition) is 7. The van der Waals surface area contributed by atoms with Gasteiger partial charge in [-0.25, -0.2) is 9.83 Å². The van der Waals surface area contributed by atoms with Crippen LogP contribution in [0.3, 0.4) is 0 Å². The van der Waals surface area contributed by atoms with Crippen LogP contribution in [-0.2, 0) is 0 Å². The highest BCUT2D eigenvalue weighted by atomic mass is 15.6. The van der Waals surface area contributed by atoms with E-state index < -0.39 is 0 Å². The van der Waals surface area contributed by atoms with Gasteiger partial charge in [-0.1, -0.05) is 10.3 Å². The van der Waals surface area contributed by atoms with E-state index in [2.05, 4.69) is 35.9 Å². The van der Waals surface area contributed by atoms with Crippen molar-refractivity contribution in [3.63, 3.8) is 0 Å². The molecule has 8 nitrogen and oxygen atoms in total. The Kier molecular flexibility index (Phi) is 0.971. The third-order valence-electron chi connectivity index (χ3n) is 1.66. The summed E-state index contributed by atoms with van der Waals surface area (Å²) in [5.74, 6) is 2.01. The van der Waals surface area contributed by atoms with Crippen molar-refractivity contribution in [3.05, 3.63) is 5.82 Å². The first-order valence-corrected chi connectivity index (χ1v) is 3.61. The van der Waals surface area contributed by atoms with E-state index >= 15 is 0 Å². The molecule has 8 heteroatoms. The Labute approximate surface area is 71.7 Å². The summed E-state index contributed by atoms with van der Waals surface area (Å²) in [5.41, 5.74) is 2.59. The molecular weight excluding hydrogens is 172 g/mol. The Bertz CT molecular complexity index is 510. The molecule has 0 aliphatic carbocycles. The van der Waals surface area contributed by atoms with Crippen molar-refractivity contribution < 1.29 is 0 Å². The molecule has 0 radical (unpaired) electrons. The summed E-state index contributed by atoms with van der Waals surface area (Å²) in [7, 11) is 0. The predicted molar refractivity (Wildman–Crippen MR) is 41.5 cm³/mol. The Morgan fingerprint density at radius 3 is 3.08 bits per heavy atom. The van der Waals surface area contributed by atoms with Gasteiger partial charge in [-0.05, 0) is 6.92 Å². The number of nitrogens with zero attached hydrogens (tertiary/aromatic N) is 7. The highest BCUT2D eigenvalue weighted by molar-refractivity contribution is 5.46. The number of aromatic nitrogens is 5. The molecule has 2 aromatic heterocycles. The van der Waals surface area contributed by atoms with Crippen LogP contribution in [0.15, 0.2) is 10.3 Å². The van der Waals surface area contributed by atoms with Crippen molar-refractivity contribution in [1.29, 1.82) is 0 Å². The summed E-state index contributed by atoms with van der Waals surface area (Å²) in [6.07, 6.45) is 0. The largest absolute Gasteiger partial charge is 0.262 e. The quantitative estimate of drug-likeness (QED) is 0.621. The first-order chi connectivity index (χ1) is 6.34. The van der Waals surface area contributed by atoms with Gasteiger partial charge in [0.1, 0.15) is 5.82 Å². The fourth-order valence-electron chi connectivity index (χ4n) is 1.15. The molecule has 0 saturated heterocycles. The number of aryl methyl sites for hydroxylation is 1. The highest BCUT2D eigenvalue weighted by Gasteiger charge is 2.15. The van der Waals surface area contributed by atoms with Crippen molar-refractivity contribution in [2.75, 3.05) is 5.43 Å². The van der Waals surface area contributed by atoms with Crippen LogP contribution >= 0.6 is 0 Å². The van der Waals surface area contributed by atoms with Crippen LogP contribution in [0.1, 0.15) is 5.82 Å². The van der Waals surface area contributed by atoms with E-state index in [4.69, 9.17) is 0 Å². The number of anilines is 1. The second-order valence-electron chi connectivity index (χ2n) is 2.54. The smallest absolute Gasteiger partial charge is 0.226 e. The van der Waals surface area contributed by atoms with Crippen LogP contribution in [-0.4, -0.2) is 24.6 Å². The molecule has 3 rings (SSSR count). The summed E-state index contributed by atoms with van der Waals surface area (Å²) >= 11 is 0. The van der Waals surface area contributed by atoms with Gasteiger partial charge >= 0.3 is 0 Å². The highest BCUT2D eigenvalue weighted by Crippen LogP contribution is 2.19. The second-order valence-corrected chi connectivity index (χ2v) is 2.54. The fraction of sp³-hybridized carbons (Fsp3) is 0.200. The molecule has 1 aliphatic rings.